The van der Waals surface area contributed by atoms with Gasteiger partial charge in [0.05, 0.1) is 17.2 Å². The van der Waals surface area contributed by atoms with Gasteiger partial charge in [0.25, 0.3) is 0 Å². The fourth-order valence-electron chi connectivity index (χ4n) is 2.99. The Morgan fingerprint density at radius 3 is 1.97 bits per heavy atom. The average Bonchev–Trinajstić information content (AvgIpc) is 3.05. The van der Waals surface area contributed by atoms with Gasteiger partial charge in [-0.25, -0.2) is 9.59 Å². The number of rotatable bonds is 6. The van der Waals surface area contributed by atoms with E-state index in [2.05, 4.69) is 22.7 Å². The molecule has 8 nitrogen and oxygen atoms in total. The maximum Gasteiger partial charge on any atom is 0.338 e. The first kappa shape index (κ1) is 20.7. The van der Waals surface area contributed by atoms with E-state index < -0.39 is 41.7 Å². The quantitative estimate of drug-likeness (QED) is 0.255. The largest absolute Gasteiger partial charge is 0.452 e. The zero-order valence-corrected chi connectivity index (χ0v) is 16.4. The number of nitrogens with zero attached hydrogens (tertiary/aromatic N) is 3. The van der Waals surface area contributed by atoms with Crippen LogP contribution in [0.15, 0.2) is 65.8 Å². The molecule has 29 heavy (non-hydrogen) atoms. The molecule has 5 atom stereocenters. The van der Waals surface area contributed by atoms with Crippen molar-refractivity contribution < 1.29 is 23.8 Å². The molecule has 1 heterocycles. The third-order valence-electron chi connectivity index (χ3n) is 4.44. The molecule has 1 fully saturated rings. The SMILES string of the molecule is C[C@H](N=[N+]=[N-])[C@H]1O[C@@H](S)C(OC(=O)c2ccccc2)C1OC(=O)c1ccccc1. The third kappa shape index (κ3) is 4.89. The Bertz CT molecular complexity index is 905. The molecule has 0 saturated carbocycles. The van der Waals surface area contributed by atoms with Gasteiger partial charge < -0.3 is 14.2 Å². The molecule has 0 aromatic heterocycles. The maximum absolute atomic E-state index is 12.6. The first-order valence-corrected chi connectivity index (χ1v) is 9.42. The molecule has 0 radical (unpaired) electrons. The van der Waals surface area contributed by atoms with E-state index in [1.54, 1.807) is 67.6 Å². The first-order valence-electron chi connectivity index (χ1n) is 8.91. The fraction of sp³-hybridized carbons (Fsp3) is 0.300. The van der Waals surface area contributed by atoms with Crippen LogP contribution in [0, 0.1) is 0 Å². The van der Waals surface area contributed by atoms with Gasteiger partial charge in [-0.1, -0.05) is 48.4 Å². The van der Waals surface area contributed by atoms with Crippen LogP contribution in [0.25, 0.3) is 10.4 Å². The highest BCUT2D eigenvalue weighted by molar-refractivity contribution is 7.80. The number of thiol groups is 1. The second-order valence-corrected chi connectivity index (χ2v) is 6.92. The third-order valence-corrected chi connectivity index (χ3v) is 4.86. The van der Waals surface area contributed by atoms with Crippen LogP contribution < -0.4 is 0 Å². The van der Waals surface area contributed by atoms with Gasteiger partial charge in [-0.05, 0) is 29.8 Å². The summed E-state index contributed by atoms with van der Waals surface area (Å²) >= 11 is 4.34. The molecule has 1 saturated heterocycles. The van der Waals surface area contributed by atoms with Gasteiger partial charge in [0, 0.05) is 4.91 Å². The molecule has 0 bridgehead atoms. The van der Waals surface area contributed by atoms with Gasteiger partial charge >= 0.3 is 11.9 Å². The molecule has 150 valence electrons. The van der Waals surface area contributed by atoms with Crippen molar-refractivity contribution in [3.05, 3.63) is 82.2 Å². The summed E-state index contributed by atoms with van der Waals surface area (Å²) in [5.41, 5.74) is 8.57. The standard InChI is InChI=1S/C20H19N3O5S/c1-12(22-23-21)15-16(26-18(24)13-8-4-2-5-9-13)17(20(29)28-15)27-19(25)14-10-6-3-7-11-14/h2-12,15-17,20,29H,1H3/t12-,15+,16?,17?,20-/m0/s1. The van der Waals surface area contributed by atoms with Gasteiger partial charge in [0.15, 0.2) is 12.2 Å². The molecule has 9 heteroatoms. The van der Waals surface area contributed by atoms with Gasteiger partial charge in [0.1, 0.15) is 11.5 Å². The molecule has 0 aliphatic carbocycles. The van der Waals surface area contributed by atoms with Crippen molar-refractivity contribution in [2.45, 2.75) is 36.7 Å². The Hall–Kier alpha value is -3.00. The maximum atomic E-state index is 12.6. The molecular weight excluding hydrogens is 394 g/mol. The highest BCUT2D eigenvalue weighted by Gasteiger charge is 2.50. The van der Waals surface area contributed by atoms with Crippen molar-refractivity contribution in [1.29, 1.82) is 0 Å². The highest BCUT2D eigenvalue weighted by atomic mass is 32.1. The Morgan fingerprint density at radius 2 is 1.48 bits per heavy atom. The van der Waals surface area contributed by atoms with E-state index in [-0.39, 0.29) is 0 Å². The smallest absolute Gasteiger partial charge is 0.338 e. The van der Waals surface area contributed by atoms with Crippen LogP contribution in [0.3, 0.4) is 0 Å². The molecule has 2 unspecified atom stereocenters. The van der Waals surface area contributed by atoms with Crippen molar-refractivity contribution in [2.24, 2.45) is 5.11 Å². The number of hydrogen-bond donors (Lipinski definition) is 1. The summed E-state index contributed by atoms with van der Waals surface area (Å²) in [7, 11) is 0. The van der Waals surface area contributed by atoms with Crippen LogP contribution >= 0.6 is 12.6 Å². The second-order valence-electron chi connectivity index (χ2n) is 6.41. The monoisotopic (exact) mass is 413 g/mol. The van der Waals surface area contributed by atoms with Gasteiger partial charge in [-0.2, -0.15) is 0 Å². The molecule has 2 aromatic carbocycles. The van der Waals surface area contributed by atoms with Crippen molar-refractivity contribution in [3.8, 4) is 0 Å². The lowest BCUT2D eigenvalue weighted by Gasteiger charge is -2.25. The lowest BCUT2D eigenvalue weighted by molar-refractivity contribution is -0.0321. The van der Waals surface area contributed by atoms with Crippen LogP contribution in [-0.4, -0.2) is 41.7 Å². The fourth-order valence-corrected chi connectivity index (χ4v) is 3.36. The number of hydrogen-bond acceptors (Lipinski definition) is 7. The summed E-state index contributed by atoms with van der Waals surface area (Å²) in [6.07, 6.45) is -2.81. The Balaban J connectivity index is 1.84. The normalized spacial score (nSPS) is 24.2. The summed E-state index contributed by atoms with van der Waals surface area (Å²) in [6.45, 7) is 1.62. The van der Waals surface area contributed by atoms with E-state index in [0.717, 1.165) is 0 Å². The van der Waals surface area contributed by atoms with E-state index in [1.165, 1.54) is 0 Å². The summed E-state index contributed by atoms with van der Waals surface area (Å²) in [5.74, 6) is -1.21. The topological polar surface area (TPSA) is 111 Å². The number of carbonyl (C=O) groups is 2. The predicted molar refractivity (Wildman–Crippen MR) is 108 cm³/mol. The minimum atomic E-state index is -1.00. The number of azide groups is 1. The van der Waals surface area contributed by atoms with Crippen LogP contribution in [0.2, 0.25) is 0 Å². The molecule has 3 rings (SSSR count). The van der Waals surface area contributed by atoms with E-state index in [4.69, 9.17) is 19.7 Å². The van der Waals surface area contributed by atoms with Crippen LogP contribution in [0.1, 0.15) is 27.6 Å². The number of esters is 2. The zero-order chi connectivity index (χ0) is 20.8. The van der Waals surface area contributed by atoms with E-state index >= 15 is 0 Å². The summed E-state index contributed by atoms with van der Waals surface area (Å²) < 4.78 is 16.9. The summed E-state index contributed by atoms with van der Waals surface area (Å²) in [5, 5.41) is 3.63. The Labute approximate surface area is 172 Å². The minimum Gasteiger partial charge on any atom is -0.452 e. The van der Waals surface area contributed by atoms with E-state index in [1.807, 2.05) is 0 Å². The minimum absolute atomic E-state index is 0.332. The van der Waals surface area contributed by atoms with Crippen LogP contribution in [0.5, 0.6) is 0 Å². The Morgan fingerprint density at radius 1 is 1.00 bits per heavy atom. The van der Waals surface area contributed by atoms with Gasteiger partial charge in [-0.3, -0.25) is 0 Å². The number of benzene rings is 2. The molecular formula is C20H19N3O5S. The second kappa shape index (κ2) is 9.47. The number of ether oxygens (including phenoxy) is 3. The van der Waals surface area contributed by atoms with Crippen molar-refractivity contribution in [2.75, 3.05) is 0 Å². The summed E-state index contributed by atoms with van der Waals surface area (Å²) in [4.78, 5) is 27.9. The van der Waals surface area contributed by atoms with Crippen molar-refractivity contribution in [3.63, 3.8) is 0 Å². The molecule has 0 spiro atoms. The summed E-state index contributed by atoms with van der Waals surface area (Å²) in [6, 6.07) is 16.1. The predicted octanol–water partition coefficient (Wildman–Crippen LogP) is 3.79. The van der Waals surface area contributed by atoms with Crippen LogP contribution in [-0.2, 0) is 14.2 Å². The Kier molecular flexibility index (Phi) is 6.77. The molecule has 1 aliphatic rings. The van der Waals surface area contributed by atoms with Gasteiger partial charge in [0.2, 0.25) is 0 Å². The molecule has 0 amide bonds. The molecule has 2 aromatic rings. The lowest BCUT2D eigenvalue weighted by atomic mass is 10.1. The zero-order valence-electron chi connectivity index (χ0n) is 15.5. The highest BCUT2D eigenvalue weighted by Crippen LogP contribution is 2.33. The van der Waals surface area contributed by atoms with E-state index in [9.17, 15) is 9.59 Å². The molecule has 1 aliphatic heterocycles. The van der Waals surface area contributed by atoms with E-state index in [0.29, 0.717) is 11.1 Å². The average molecular weight is 413 g/mol. The van der Waals surface area contributed by atoms with Crippen LogP contribution in [0.4, 0.5) is 0 Å². The first-order chi connectivity index (χ1) is 14.0. The van der Waals surface area contributed by atoms with Gasteiger partial charge in [-0.15, -0.1) is 12.6 Å². The number of carbonyl (C=O) groups excluding carboxylic acids is 2. The lowest BCUT2D eigenvalue weighted by Crippen LogP contribution is -2.42. The molecule has 0 N–H and O–H groups in total. The van der Waals surface area contributed by atoms with Crippen molar-refractivity contribution >= 4 is 24.6 Å². The van der Waals surface area contributed by atoms with Crippen molar-refractivity contribution in [1.82, 2.24) is 0 Å².